The molecular weight excluding hydrogens is 160 g/mol. The summed E-state index contributed by atoms with van der Waals surface area (Å²) in [6.45, 7) is 0.812. The van der Waals surface area contributed by atoms with Crippen molar-refractivity contribution in [2.75, 3.05) is 18.2 Å². The predicted molar refractivity (Wildman–Crippen MR) is 40.3 cm³/mol. The summed E-state index contributed by atoms with van der Waals surface area (Å²) < 4.78 is 1.60. The van der Waals surface area contributed by atoms with Gasteiger partial charge in [-0.2, -0.15) is 0 Å². The number of β-amino-alcohol motifs (C(OH)–C–C–N with tert-alkyl or cyclic N) is 1. The molecule has 0 amide bonds. The van der Waals surface area contributed by atoms with Crippen LogP contribution >= 0.6 is 0 Å². The molecule has 0 aromatic carbocycles. The molecule has 1 aromatic rings. The lowest BCUT2D eigenvalue weighted by atomic mass is 10.4. The Morgan fingerprint density at radius 2 is 2.58 bits per heavy atom. The van der Waals surface area contributed by atoms with E-state index < -0.39 is 6.10 Å². The van der Waals surface area contributed by atoms with Crippen molar-refractivity contribution in [3.8, 4) is 0 Å². The molecule has 1 atom stereocenters. The number of rotatable bonds is 1. The van der Waals surface area contributed by atoms with E-state index in [2.05, 4.69) is 10.3 Å². The highest BCUT2D eigenvalue weighted by molar-refractivity contribution is 5.32. The van der Waals surface area contributed by atoms with Crippen LogP contribution < -0.4 is 5.06 Å². The lowest BCUT2D eigenvalue weighted by Gasteiger charge is -2.13. The number of aliphatic hydroxyl groups is 1. The van der Waals surface area contributed by atoms with E-state index in [-0.39, 0.29) is 0 Å². The highest BCUT2D eigenvalue weighted by atomic mass is 16.7. The molecule has 1 aromatic heterocycles. The van der Waals surface area contributed by atoms with Crippen molar-refractivity contribution in [2.45, 2.75) is 6.10 Å². The fraction of sp³-hybridized carbons (Fsp3) is 0.667. The predicted octanol–water partition coefficient (Wildman–Crippen LogP) is -1.07. The van der Waals surface area contributed by atoms with Gasteiger partial charge in [-0.1, -0.05) is 5.21 Å². The van der Waals surface area contributed by atoms with E-state index >= 15 is 0 Å². The highest BCUT2D eigenvalue weighted by Crippen LogP contribution is 2.15. The minimum Gasteiger partial charge on any atom is -0.389 e. The van der Waals surface area contributed by atoms with Crippen LogP contribution in [0.5, 0.6) is 0 Å². The summed E-state index contributed by atoms with van der Waals surface area (Å²) in [5.41, 5.74) is 0. The van der Waals surface area contributed by atoms with Gasteiger partial charge >= 0.3 is 0 Å². The zero-order chi connectivity index (χ0) is 8.55. The Labute approximate surface area is 69.3 Å². The van der Waals surface area contributed by atoms with Crippen LogP contribution in [0, 0.1) is 0 Å². The molecule has 1 N–H and O–H groups in total. The first-order valence-corrected chi connectivity index (χ1v) is 3.70. The van der Waals surface area contributed by atoms with Crippen molar-refractivity contribution in [1.29, 1.82) is 0 Å². The Morgan fingerprint density at radius 3 is 3.08 bits per heavy atom. The minimum atomic E-state index is -0.417. The molecule has 2 heterocycles. The summed E-state index contributed by atoms with van der Waals surface area (Å²) in [4.78, 5) is 5.17. The molecule has 66 valence electrons. The highest BCUT2D eigenvalue weighted by Gasteiger charge is 2.23. The monoisotopic (exact) mass is 170 g/mol. The summed E-state index contributed by atoms with van der Waals surface area (Å²) >= 11 is 0. The van der Waals surface area contributed by atoms with Gasteiger partial charge in [-0.25, -0.2) is 9.75 Å². The molecule has 0 saturated carbocycles. The van der Waals surface area contributed by atoms with E-state index in [0.29, 0.717) is 13.2 Å². The molecule has 0 spiro atoms. The van der Waals surface area contributed by atoms with Crippen molar-refractivity contribution in [3.05, 3.63) is 6.20 Å². The molecular formula is C6H10N4O2. The molecule has 0 aliphatic carbocycles. The Balaban J connectivity index is 2.16. The number of anilines is 1. The molecule has 1 saturated heterocycles. The van der Waals surface area contributed by atoms with Crippen LogP contribution in [0.15, 0.2) is 6.20 Å². The Bertz CT molecular complexity index is 274. The summed E-state index contributed by atoms with van der Waals surface area (Å²) in [5, 5.41) is 18.2. The molecule has 0 radical (unpaired) electrons. The summed E-state index contributed by atoms with van der Waals surface area (Å²) in [6.07, 6.45) is 1.18. The summed E-state index contributed by atoms with van der Waals surface area (Å²) in [5.74, 6) is 0.756. The van der Waals surface area contributed by atoms with E-state index in [4.69, 9.17) is 4.84 Å². The molecule has 6 heteroatoms. The number of aliphatic hydroxyl groups excluding tert-OH is 1. The molecule has 1 fully saturated rings. The van der Waals surface area contributed by atoms with Crippen molar-refractivity contribution >= 4 is 5.82 Å². The Kier molecular flexibility index (Phi) is 1.70. The summed E-state index contributed by atoms with van der Waals surface area (Å²) in [7, 11) is 1.77. The zero-order valence-corrected chi connectivity index (χ0v) is 6.71. The van der Waals surface area contributed by atoms with E-state index in [9.17, 15) is 5.11 Å². The van der Waals surface area contributed by atoms with Gasteiger partial charge in [-0.3, -0.25) is 4.84 Å². The topological polar surface area (TPSA) is 63.4 Å². The lowest BCUT2D eigenvalue weighted by molar-refractivity contribution is 0.115. The molecule has 0 bridgehead atoms. The van der Waals surface area contributed by atoms with Crippen molar-refractivity contribution in [1.82, 2.24) is 15.0 Å². The number of aryl methyl sites for hydroxylation is 1. The quantitative estimate of drug-likeness (QED) is 0.581. The van der Waals surface area contributed by atoms with Crippen LogP contribution in [0.2, 0.25) is 0 Å². The summed E-state index contributed by atoms with van der Waals surface area (Å²) in [6, 6.07) is 0. The van der Waals surface area contributed by atoms with Crippen LogP contribution in [0.1, 0.15) is 0 Å². The fourth-order valence-electron chi connectivity index (χ4n) is 1.14. The van der Waals surface area contributed by atoms with Crippen LogP contribution in [-0.2, 0) is 11.9 Å². The zero-order valence-electron chi connectivity index (χ0n) is 6.71. The van der Waals surface area contributed by atoms with Crippen LogP contribution in [0.25, 0.3) is 0 Å². The van der Waals surface area contributed by atoms with E-state index in [1.54, 1.807) is 23.0 Å². The Hall–Kier alpha value is -1.14. The molecule has 1 aliphatic rings. The third-order valence-corrected chi connectivity index (χ3v) is 1.75. The van der Waals surface area contributed by atoms with Gasteiger partial charge in [-0.05, 0) is 0 Å². The van der Waals surface area contributed by atoms with Crippen LogP contribution in [0.4, 0.5) is 5.82 Å². The second-order valence-corrected chi connectivity index (χ2v) is 2.73. The van der Waals surface area contributed by atoms with Crippen molar-refractivity contribution in [2.24, 2.45) is 7.05 Å². The molecule has 2 rings (SSSR count). The van der Waals surface area contributed by atoms with E-state index in [1.165, 1.54) is 0 Å². The van der Waals surface area contributed by atoms with Gasteiger partial charge in [0.2, 0.25) is 0 Å². The van der Waals surface area contributed by atoms with Gasteiger partial charge in [0.25, 0.3) is 0 Å². The minimum absolute atomic E-state index is 0.338. The fourth-order valence-corrected chi connectivity index (χ4v) is 1.14. The largest absolute Gasteiger partial charge is 0.389 e. The van der Waals surface area contributed by atoms with Gasteiger partial charge in [0.1, 0.15) is 6.61 Å². The normalized spacial score (nSPS) is 23.5. The maximum absolute atomic E-state index is 9.17. The van der Waals surface area contributed by atoms with Gasteiger partial charge in [0.05, 0.1) is 18.8 Å². The maximum atomic E-state index is 9.17. The van der Waals surface area contributed by atoms with Gasteiger partial charge < -0.3 is 5.11 Å². The molecule has 6 nitrogen and oxygen atoms in total. The Morgan fingerprint density at radius 1 is 1.75 bits per heavy atom. The number of hydrogen-bond acceptors (Lipinski definition) is 5. The third-order valence-electron chi connectivity index (χ3n) is 1.75. The van der Waals surface area contributed by atoms with Gasteiger partial charge in [0.15, 0.2) is 5.82 Å². The van der Waals surface area contributed by atoms with E-state index in [1.807, 2.05) is 0 Å². The standard InChI is InChI=1S/C6H10N4O2/c1-9-6(2-7-8-9)10-3-5(11)4-12-10/h2,5,11H,3-4H2,1H3. The first-order valence-electron chi connectivity index (χ1n) is 3.70. The average molecular weight is 170 g/mol. The molecule has 1 aliphatic heterocycles. The first-order chi connectivity index (χ1) is 5.77. The van der Waals surface area contributed by atoms with Gasteiger partial charge in [-0.15, -0.1) is 5.10 Å². The molecule has 1 unspecified atom stereocenters. The molecule has 12 heavy (non-hydrogen) atoms. The number of aromatic nitrogens is 3. The van der Waals surface area contributed by atoms with Crippen molar-refractivity contribution in [3.63, 3.8) is 0 Å². The van der Waals surface area contributed by atoms with E-state index in [0.717, 1.165) is 5.82 Å². The van der Waals surface area contributed by atoms with Crippen molar-refractivity contribution < 1.29 is 9.94 Å². The van der Waals surface area contributed by atoms with Crippen LogP contribution in [0.3, 0.4) is 0 Å². The van der Waals surface area contributed by atoms with Gasteiger partial charge in [0, 0.05) is 7.05 Å². The SMILES string of the molecule is Cn1nncc1N1CC(O)CO1. The maximum Gasteiger partial charge on any atom is 0.171 e. The number of hydroxylamine groups is 1. The van der Waals surface area contributed by atoms with Crippen LogP contribution in [-0.4, -0.2) is 39.4 Å². The first kappa shape index (κ1) is 7.51. The lowest BCUT2D eigenvalue weighted by Crippen LogP contribution is -2.22. The second kappa shape index (κ2) is 2.72. The number of hydrogen-bond donors (Lipinski definition) is 1. The number of nitrogens with zero attached hydrogens (tertiary/aromatic N) is 4. The average Bonchev–Trinajstić information content (AvgIpc) is 2.58. The second-order valence-electron chi connectivity index (χ2n) is 2.73. The smallest absolute Gasteiger partial charge is 0.171 e. The third kappa shape index (κ3) is 1.15.